The first kappa shape index (κ1) is 27.5. The fourth-order valence-corrected chi connectivity index (χ4v) is 7.81. The third-order valence-corrected chi connectivity index (χ3v) is 10.1. The van der Waals surface area contributed by atoms with Crippen LogP contribution in [-0.4, -0.2) is 93.3 Å². The number of aromatic hydroxyl groups is 1. The van der Waals surface area contributed by atoms with Crippen molar-refractivity contribution in [1.82, 2.24) is 9.80 Å². The quantitative estimate of drug-likeness (QED) is 0.331. The van der Waals surface area contributed by atoms with Crippen LogP contribution in [0.3, 0.4) is 0 Å². The average Bonchev–Trinajstić information content (AvgIpc) is 3.80. The van der Waals surface area contributed by atoms with Gasteiger partial charge in [0.1, 0.15) is 11.7 Å². The Hall–Kier alpha value is -2.66. The average molecular weight is 554 g/mol. The number of aliphatic hydroxyl groups excluding tert-OH is 1. The summed E-state index contributed by atoms with van der Waals surface area (Å²) in [7, 11) is 3.29. The third-order valence-electron chi connectivity index (χ3n) is 10.1. The molecule has 1 aromatic rings. The number of carbonyl (C=O) groups excluding carboxylic acids is 4. The predicted molar refractivity (Wildman–Crippen MR) is 143 cm³/mol. The molecule has 10 nitrogen and oxygen atoms in total. The highest BCUT2D eigenvalue weighted by atomic mass is 16.3. The third kappa shape index (κ3) is 4.31. The molecule has 5 aliphatic carbocycles. The van der Waals surface area contributed by atoms with Crippen LogP contribution in [0.1, 0.15) is 53.6 Å². The van der Waals surface area contributed by atoms with E-state index < -0.39 is 64.7 Å². The lowest BCUT2D eigenvalue weighted by Gasteiger charge is -2.54. The topological polar surface area (TPSA) is 161 Å². The van der Waals surface area contributed by atoms with Crippen molar-refractivity contribution in [1.29, 1.82) is 0 Å². The molecule has 5 aliphatic rings. The summed E-state index contributed by atoms with van der Waals surface area (Å²) in [5, 5.41) is 33.6. The minimum atomic E-state index is -2.64. The Bertz CT molecular complexity index is 1260. The van der Waals surface area contributed by atoms with Crippen molar-refractivity contribution in [2.75, 3.05) is 27.2 Å². The van der Waals surface area contributed by atoms with Crippen LogP contribution >= 0.6 is 0 Å². The van der Waals surface area contributed by atoms with Crippen LogP contribution in [0, 0.1) is 35.5 Å². The van der Waals surface area contributed by atoms with Crippen LogP contribution in [0.25, 0.3) is 0 Å². The van der Waals surface area contributed by atoms with Crippen LogP contribution in [0.5, 0.6) is 5.75 Å². The molecule has 1 aromatic carbocycles. The van der Waals surface area contributed by atoms with E-state index in [-0.39, 0.29) is 17.7 Å². The number of hydrogen-bond acceptors (Lipinski definition) is 9. The van der Waals surface area contributed by atoms with Crippen LogP contribution in [0.15, 0.2) is 12.1 Å². The molecule has 4 saturated carbocycles. The number of hydrogen-bond donors (Lipinski definition) is 4. The summed E-state index contributed by atoms with van der Waals surface area (Å²) in [5.74, 6) is -7.31. The molecule has 10 heteroatoms. The fraction of sp³-hybridized carbons (Fsp3) is 0.667. The smallest absolute Gasteiger partial charge is 0.230 e. The van der Waals surface area contributed by atoms with Gasteiger partial charge in [0.15, 0.2) is 23.0 Å². The minimum absolute atomic E-state index is 0.0887. The van der Waals surface area contributed by atoms with E-state index in [1.807, 2.05) is 6.07 Å². The summed E-state index contributed by atoms with van der Waals surface area (Å²) in [6.07, 6.45) is 3.89. The Morgan fingerprint density at radius 1 is 1.05 bits per heavy atom. The number of amides is 1. The second-order valence-electron chi connectivity index (χ2n) is 13.1. The second-order valence-corrected chi connectivity index (χ2v) is 13.1. The monoisotopic (exact) mass is 553 g/mol. The molecule has 0 saturated heterocycles. The summed E-state index contributed by atoms with van der Waals surface area (Å²) >= 11 is 0. The molecule has 7 atom stereocenters. The van der Waals surface area contributed by atoms with Crippen molar-refractivity contribution in [2.24, 2.45) is 41.2 Å². The van der Waals surface area contributed by atoms with Crippen LogP contribution in [0.4, 0.5) is 0 Å². The number of fused-ring (bicyclic) bond motifs is 3. The zero-order valence-electron chi connectivity index (χ0n) is 23.1. The van der Waals surface area contributed by atoms with Gasteiger partial charge in [-0.05, 0) is 87.6 Å². The molecule has 0 aromatic heterocycles. The van der Waals surface area contributed by atoms with Crippen molar-refractivity contribution in [3.05, 3.63) is 28.8 Å². The van der Waals surface area contributed by atoms with Gasteiger partial charge in [-0.1, -0.05) is 6.07 Å². The van der Waals surface area contributed by atoms with Gasteiger partial charge in [0.05, 0.1) is 17.6 Å². The molecular weight excluding hydrogens is 514 g/mol. The summed E-state index contributed by atoms with van der Waals surface area (Å²) in [6.45, 7) is 2.66. The van der Waals surface area contributed by atoms with Gasteiger partial charge in [-0.25, -0.2) is 0 Å². The molecule has 216 valence electrons. The molecular formula is C30H39N3O7. The number of likely N-dealkylation sites (N-methyl/N-ethyl adjacent to an activating group) is 1. The van der Waals surface area contributed by atoms with E-state index in [1.54, 1.807) is 19.0 Å². The number of nitrogens with two attached hydrogens (primary N) is 1. The Kier molecular flexibility index (Phi) is 6.68. The lowest BCUT2D eigenvalue weighted by molar-refractivity contribution is -0.190. The number of ketones is 3. The number of carbonyl (C=O) groups is 4. The predicted octanol–water partition coefficient (Wildman–Crippen LogP) is 0.281. The second kappa shape index (κ2) is 9.72. The number of rotatable bonds is 8. The SMILES string of the molecule is CN(C)C1C(O)C(C(N)=O)C(=O)[C@]2(O)C(=O)C3C(=O)c4c(O)ccc(CN(CC5CC5)CC5CC5)c4C[C@@H]3C[C@H]12. The molecule has 4 unspecified atom stereocenters. The van der Waals surface area contributed by atoms with E-state index in [2.05, 4.69) is 4.90 Å². The molecule has 40 heavy (non-hydrogen) atoms. The molecule has 6 rings (SSSR count). The zero-order chi connectivity index (χ0) is 28.7. The fourth-order valence-electron chi connectivity index (χ4n) is 7.81. The highest BCUT2D eigenvalue weighted by Gasteiger charge is 2.69. The first-order valence-electron chi connectivity index (χ1n) is 14.5. The number of phenolic OH excluding ortho intramolecular Hbond substituents is 1. The lowest BCUT2D eigenvalue weighted by atomic mass is 9.52. The van der Waals surface area contributed by atoms with Crippen molar-refractivity contribution >= 4 is 23.3 Å². The van der Waals surface area contributed by atoms with Gasteiger partial charge in [-0.2, -0.15) is 0 Å². The van der Waals surface area contributed by atoms with Gasteiger partial charge in [-0.3, -0.25) is 24.1 Å². The Morgan fingerprint density at radius 2 is 1.68 bits per heavy atom. The maximum atomic E-state index is 14.0. The van der Waals surface area contributed by atoms with Crippen LogP contribution in [0.2, 0.25) is 0 Å². The first-order valence-corrected chi connectivity index (χ1v) is 14.5. The van der Waals surface area contributed by atoms with E-state index in [9.17, 15) is 34.5 Å². The van der Waals surface area contributed by atoms with Crippen molar-refractivity contribution in [3.8, 4) is 5.75 Å². The molecule has 0 heterocycles. The van der Waals surface area contributed by atoms with Crippen LogP contribution in [-0.2, 0) is 27.3 Å². The Balaban J connectivity index is 1.37. The lowest BCUT2D eigenvalue weighted by Crippen LogP contribution is -2.75. The van der Waals surface area contributed by atoms with Gasteiger partial charge in [0, 0.05) is 31.6 Å². The summed E-state index contributed by atoms with van der Waals surface area (Å²) in [6, 6.07) is 2.46. The maximum absolute atomic E-state index is 14.0. The van der Waals surface area contributed by atoms with Gasteiger partial charge < -0.3 is 26.0 Å². The molecule has 0 bridgehead atoms. The standard InChI is InChI=1S/C30H39N3O7/c1-32(2)24-19-10-17-9-18-16(13-33(11-14-3-4-14)12-15-5-6-15)7-8-20(34)22(18)25(35)21(17)27(37)30(19,40)28(38)23(26(24)36)29(31)39/h7-8,14-15,17,19,21,23-24,26,34,36,40H,3-6,9-13H2,1-2H3,(H2,31,39)/t17-,19-,21?,23?,24?,26?,30-/m1/s1. The number of benzene rings is 1. The van der Waals surface area contributed by atoms with E-state index in [0.29, 0.717) is 24.8 Å². The van der Waals surface area contributed by atoms with Crippen molar-refractivity contribution in [2.45, 2.75) is 62.8 Å². The number of nitrogens with zero attached hydrogens (tertiary/aromatic N) is 2. The van der Waals surface area contributed by atoms with Crippen molar-refractivity contribution < 1.29 is 34.5 Å². The van der Waals surface area contributed by atoms with Crippen LogP contribution < -0.4 is 5.73 Å². The molecule has 0 aliphatic heterocycles. The largest absolute Gasteiger partial charge is 0.507 e. The first-order chi connectivity index (χ1) is 18.9. The zero-order valence-corrected chi connectivity index (χ0v) is 23.1. The number of Topliss-reactive ketones (excluding diaryl/α,β-unsaturated/α-hetero) is 3. The minimum Gasteiger partial charge on any atom is -0.507 e. The molecule has 4 fully saturated rings. The van der Waals surface area contributed by atoms with Gasteiger partial charge >= 0.3 is 0 Å². The van der Waals surface area contributed by atoms with Gasteiger partial charge in [0.25, 0.3) is 0 Å². The number of phenols is 1. The molecule has 0 radical (unpaired) electrons. The van der Waals surface area contributed by atoms with Gasteiger partial charge in [-0.15, -0.1) is 0 Å². The normalized spacial score (nSPS) is 35.5. The highest BCUT2D eigenvalue weighted by molar-refractivity contribution is 6.25. The summed E-state index contributed by atoms with van der Waals surface area (Å²) in [4.78, 5) is 57.6. The molecule has 1 amide bonds. The number of aliphatic hydroxyl groups is 2. The van der Waals surface area contributed by atoms with E-state index in [0.717, 1.165) is 24.2 Å². The van der Waals surface area contributed by atoms with E-state index in [4.69, 9.17) is 5.73 Å². The van der Waals surface area contributed by atoms with E-state index >= 15 is 0 Å². The Morgan fingerprint density at radius 3 is 2.23 bits per heavy atom. The summed E-state index contributed by atoms with van der Waals surface area (Å²) in [5.41, 5.74) is 4.56. The number of primary amides is 1. The highest BCUT2D eigenvalue weighted by Crippen LogP contribution is 2.52. The van der Waals surface area contributed by atoms with Gasteiger partial charge in [0.2, 0.25) is 5.91 Å². The molecule has 5 N–H and O–H groups in total. The maximum Gasteiger partial charge on any atom is 0.230 e. The summed E-state index contributed by atoms with van der Waals surface area (Å²) < 4.78 is 0. The Labute approximate surface area is 233 Å². The van der Waals surface area contributed by atoms with Crippen molar-refractivity contribution in [3.63, 3.8) is 0 Å². The molecule has 0 spiro atoms. The van der Waals surface area contributed by atoms with E-state index in [1.165, 1.54) is 31.7 Å².